The molecule has 6 heteroatoms. The van der Waals surface area contributed by atoms with Crippen molar-refractivity contribution in [3.63, 3.8) is 0 Å². The Hall–Kier alpha value is -1.17. The van der Waals surface area contributed by atoms with Gasteiger partial charge in [0.25, 0.3) is 0 Å². The van der Waals surface area contributed by atoms with Crippen LogP contribution in [0.5, 0.6) is 0 Å². The van der Waals surface area contributed by atoms with Crippen LogP contribution in [0.15, 0.2) is 6.07 Å². The Morgan fingerprint density at radius 1 is 1.44 bits per heavy atom. The molecule has 1 heterocycles. The molecule has 1 aromatic rings. The number of rotatable bonds is 4. The molecule has 88 valence electrons. The topological polar surface area (TPSA) is 89.8 Å². The number of hydrogen-bond donors (Lipinski definition) is 3. The van der Waals surface area contributed by atoms with Gasteiger partial charge in [-0.2, -0.15) is 21.7 Å². The predicted molar refractivity (Wildman–Crippen MR) is 69.4 cm³/mol. The fraction of sp³-hybridized carbons (Fsp3) is 0.600. The van der Waals surface area contributed by atoms with Crippen LogP contribution in [-0.2, 0) is 0 Å². The standard InChI is InChI=1S/C10H17N5S/c1-16-10(3-2-4-10)6-13-8-5-7(11)14-9(12)15-8/h5H,2-4,6H2,1H3,(H5,11,12,13,14,15). The highest BCUT2D eigenvalue weighted by Crippen LogP contribution is 2.42. The Morgan fingerprint density at radius 2 is 2.19 bits per heavy atom. The summed E-state index contributed by atoms with van der Waals surface area (Å²) in [5.41, 5.74) is 11.1. The molecular weight excluding hydrogens is 222 g/mol. The van der Waals surface area contributed by atoms with E-state index in [-0.39, 0.29) is 5.95 Å². The van der Waals surface area contributed by atoms with Crippen LogP contribution in [0.2, 0.25) is 0 Å². The smallest absolute Gasteiger partial charge is 0.223 e. The lowest BCUT2D eigenvalue weighted by molar-refractivity contribution is 0.379. The van der Waals surface area contributed by atoms with Gasteiger partial charge in [-0.3, -0.25) is 0 Å². The zero-order valence-corrected chi connectivity index (χ0v) is 10.2. The lowest BCUT2D eigenvalue weighted by Crippen LogP contribution is -2.40. The number of nitrogens with zero attached hydrogens (tertiary/aromatic N) is 2. The average molecular weight is 239 g/mol. The number of aromatic nitrogens is 2. The summed E-state index contributed by atoms with van der Waals surface area (Å²) in [7, 11) is 0. The first-order chi connectivity index (χ1) is 7.63. The number of hydrogen-bond acceptors (Lipinski definition) is 6. The van der Waals surface area contributed by atoms with Crippen LogP contribution in [0.3, 0.4) is 0 Å². The van der Waals surface area contributed by atoms with Gasteiger partial charge >= 0.3 is 0 Å². The molecule has 0 atom stereocenters. The SMILES string of the molecule is CSC1(CNc2cc(N)nc(N)n2)CCC1. The van der Waals surface area contributed by atoms with Gasteiger partial charge in [-0.05, 0) is 19.1 Å². The Balaban J connectivity index is 1.98. The van der Waals surface area contributed by atoms with Crippen molar-refractivity contribution in [2.75, 3.05) is 29.6 Å². The fourth-order valence-corrected chi connectivity index (χ4v) is 2.77. The highest BCUT2D eigenvalue weighted by atomic mass is 32.2. The van der Waals surface area contributed by atoms with E-state index in [1.165, 1.54) is 19.3 Å². The van der Waals surface area contributed by atoms with Crippen LogP contribution in [0.25, 0.3) is 0 Å². The maximum Gasteiger partial charge on any atom is 0.223 e. The summed E-state index contributed by atoms with van der Waals surface area (Å²) in [6, 6.07) is 1.71. The van der Waals surface area contributed by atoms with Crippen molar-refractivity contribution >= 4 is 29.3 Å². The van der Waals surface area contributed by atoms with Crippen LogP contribution < -0.4 is 16.8 Å². The minimum Gasteiger partial charge on any atom is -0.383 e. The molecular formula is C10H17N5S. The Morgan fingerprint density at radius 3 is 2.69 bits per heavy atom. The first-order valence-corrected chi connectivity index (χ1v) is 6.55. The van der Waals surface area contributed by atoms with Gasteiger partial charge in [-0.15, -0.1) is 0 Å². The van der Waals surface area contributed by atoms with Crippen LogP contribution in [-0.4, -0.2) is 27.5 Å². The van der Waals surface area contributed by atoms with E-state index in [0.717, 1.165) is 6.54 Å². The molecule has 1 aliphatic carbocycles. The van der Waals surface area contributed by atoms with Gasteiger partial charge in [0.05, 0.1) is 0 Å². The van der Waals surface area contributed by atoms with Gasteiger partial charge in [-0.1, -0.05) is 6.42 Å². The Bertz CT molecular complexity index is 352. The molecule has 1 saturated carbocycles. The third-order valence-corrected chi connectivity index (χ3v) is 4.47. The molecule has 0 bridgehead atoms. The fourth-order valence-electron chi connectivity index (χ4n) is 1.85. The predicted octanol–water partition coefficient (Wildman–Crippen LogP) is 1.34. The Kier molecular flexibility index (Phi) is 3.09. The molecule has 2 rings (SSSR count). The molecule has 1 fully saturated rings. The summed E-state index contributed by atoms with van der Waals surface area (Å²) in [6.07, 6.45) is 5.99. The van der Waals surface area contributed by atoms with Crippen molar-refractivity contribution in [1.29, 1.82) is 0 Å². The van der Waals surface area contributed by atoms with Gasteiger partial charge in [0, 0.05) is 17.4 Å². The second-order valence-corrected chi connectivity index (χ2v) is 5.40. The second kappa shape index (κ2) is 4.37. The van der Waals surface area contributed by atoms with E-state index >= 15 is 0 Å². The molecule has 0 aromatic carbocycles. The molecule has 5 nitrogen and oxygen atoms in total. The highest BCUT2D eigenvalue weighted by molar-refractivity contribution is 8.00. The van der Waals surface area contributed by atoms with E-state index in [1.54, 1.807) is 6.07 Å². The minimum atomic E-state index is 0.217. The first-order valence-electron chi connectivity index (χ1n) is 5.33. The lowest BCUT2D eigenvalue weighted by atomic mass is 9.84. The van der Waals surface area contributed by atoms with E-state index in [9.17, 15) is 0 Å². The Labute approximate surface area is 99.4 Å². The maximum atomic E-state index is 5.60. The molecule has 1 aromatic heterocycles. The molecule has 0 aliphatic heterocycles. The quantitative estimate of drug-likeness (QED) is 0.734. The summed E-state index contributed by atoms with van der Waals surface area (Å²) < 4.78 is 0.370. The highest BCUT2D eigenvalue weighted by Gasteiger charge is 2.35. The van der Waals surface area contributed by atoms with Crippen LogP contribution >= 0.6 is 11.8 Å². The minimum absolute atomic E-state index is 0.217. The van der Waals surface area contributed by atoms with Crippen LogP contribution in [0.1, 0.15) is 19.3 Å². The van der Waals surface area contributed by atoms with Crippen LogP contribution in [0, 0.1) is 0 Å². The number of thioether (sulfide) groups is 1. The van der Waals surface area contributed by atoms with E-state index in [4.69, 9.17) is 11.5 Å². The summed E-state index contributed by atoms with van der Waals surface area (Å²) in [5, 5.41) is 3.29. The van der Waals surface area contributed by atoms with Crippen molar-refractivity contribution in [3.05, 3.63) is 6.07 Å². The lowest BCUT2D eigenvalue weighted by Gasteiger charge is -2.40. The third kappa shape index (κ3) is 2.32. The van der Waals surface area contributed by atoms with E-state index in [2.05, 4.69) is 21.5 Å². The molecule has 0 amide bonds. The molecule has 5 N–H and O–H groups in total. The van der Waals surface area contributed by atoms with Crippen molar-refractivity contribution in [1.82, 2.24) is 9.97 Å². The molecule has 0 saturated heterocycles. The van der Waals surface area contributed by atoms with Gasteiger partial charge in [0.1, 0.15) is 11.6 Å². The molecule has 1 aliphatic rings. The average Bonchev–Trinajstić information content (AvgIpc) is 2.15. The normalized spacial score (nSPS) is 17.8. The van der Waals surface area contributed by atoms with Crippen LogP contribution in [0.4, 0.5) is 17.6 Å². The number of nitrogens with one attached hydrogen (secondary N) is 1. The molecule has 0 spiro atoms. The molecule has 16 heavy (non-hydrogen) atoms. The van der Waals surface area contributed by atoms with Gasteiger partial charge in [-0.25, -0.2) is 0 Å². The summed E-state index contributed by atoms with van der Waals surface area (Å²) >= 11 is 1.92. The van der Waals surface area contributed by atoms with Crippen molar-refractivity contribution in [3.8, 4) is 0 Å². The largest absolute Gasteiger partial charge is 0.383 e. The van der Waals surface area contributed by atoms with Gasteiger partial charge in [0.2, 0.25) is 5.95 Å². The summed E-state index contributed by atoms with van der Waals surface area (Å²) in [6.45, 7) is 0.907. The van der Waals surface area contributed by atoms with Crippen molar-refractivity contribution < 1.29 is 0 Å². The number of nitrogen functional groups attached to an aromatic ring is 2. The third-order valence-electron chi connectivity index (χ3n) is 3.05. The van der Waals surface area contributed by atoms with Crippen molar-refractivity contribution in [2.24, 2.45) is 0 Å². The van der Waals surface area contributed by atoms with E-state index in [0.29, 0.717) is 16.4 Å². The summed E-state index contributed by atoms with van der Waals surface area (Å²) in [4.78, 5) is 7.93. The van der Waals surface area contributed by atoms with Gasteiger partial charge < -0.3 is 16.8 Å². The van der Waals surface area contributed by atoms with E-state index in [1.807, 2.05) is 11.8 Å². The maximum absolute atomic E-state index is 5.60. The summed E-state index contributed by atoms with van der Waals surface area (Å²) in [5.74, 6) is 1.33. The second-order valence-electron chi connectivity index (χ2n) is 4.13. The zero-order valence-electron chi connectivity index (χ0n) is 9.36. The number of anilines is 3. The molecule has 0 radical (unpaired) electrons. The zero-order chi connectivity index (χ0) is 11.6. The van der Waals surface area contributed by atoms with E-state index < -0.39 is 0 Å². The molecule has 0 unspecified atom stereocenters. The number of nitrogens with two attached hydrogens (primary N) is 2. The monoisotopic (exact) mass is 239 g/mol. The first kappa shape index (κ1) is 11.3. The van der Waals surface area contributed by atoms with Crippen molar-refractivity contribution in [2.45, 2.75) is 24.0 Å². The van der Waals surface area contributed by atoms with Gasteiger partial charge in [0.15, 0.2) is 0 Å².